The van der Waals surface area contributed by atoms with E-state index in [0.717, 1.165) is 6.26 Å². The number of nitrogens with two attached hydrogens (primary N) is 1. The number of carbonyl (C=O) groups excluding carboxylic acids is 1. The summed E-state index contributed by atoms with van der Waals surface area (Å²) in [6.07, 6.45) is 0.893. The lowest BCUT2D eigenvalue weighted by molar-refractivity contribution is 0.0999. The van der Waals surface area contributed by atoms with E-state index in [-0.39, 0.29) is 11.3 Å². The summed E-state index contributed by atoms with van der Waals surface area (Å²) < 4.78 is 26.5. The number of rotatable bonds is 4. The van der Waals surface area contributed by atoms with Crippen LogP contribution in [0.4, 0.5) is 5.69 Å². The third kappa shape index (κ3) is 3.13. The number of hydrogen-bond acceptors (Lipinski definition) is 5. The second-order valence-electron chi connectivity index (χ2n) is 3.11. The molecule has 0 unspecified atom stereocenters. The van der Waals surface area contributed by atoms with E-state index in [1.165, 1.54) is 12.1 Å². The molecule has 6 nitrogen and oxygen atoms in total. The smallest absolute Gasteiger partial charge is 0.306 e. The van der Waals surface area contributed by atoms with Crippen LogP contribution in [0.3, 0.4) is 0 Å². The van der Waals surface area contributed by atoms with Gasteiger partial charge in [0.2, 0.25) is 0 Å². The van der Waals surface area contributed by atoms with Crippen molar-refractivity contribution in [2.45, 2.75) is 0 Å². The summed E-state index contributed by atoms with van der Waals surface area (Å²) in [5.74, 6) is -0.829. The Kier molecular flexibility index (Phi) is 3.38. The number of anilines is 1. The summed E-state index contributed by atoms with van der Waals surface area (Å²) in [6.45, 7) is 0. The first-order valence-corrected chi connectivity index (χ1v) is 6.16. The van der Waals surface area contributed by atoms with Crippen LogP contribution in [0.25, 0.3) is 0 Å². The zero-order valence-corrected chi connectivity index (χ0v) is 9.67. The Bertz CT molecular complexity index is 510. The normalized spacial score (nSPS) is 10.9. The van der Waals surface area contributed by atoms with Crippen LogP contribution in [0.5, 0.6) is 5.75 Å². The number of amides is 1. The van der Waals surface area contributed by atoms with Crippen LogP contribution in [0.2, 0.25) is 0 Å². The highest BCUT2D eigenvalue weighted by molar-refractivity contribution is 7.86. The molecule has 88 valence electrons. The fourth-order valence-electron chi connectivity index (χ4n) is 1.11. The summed E-state index contributed by atoms with van der Waals surface area (Å²) in [4.78, 5) is 11.1. The molecule has 1 amide bonds. The first kappa shape index (κ1) is 12.3. The number of primary amides is 1. The van der Waals surface area contributed by atoms with Gasteiger partial charge >= 0.3 is 10.1 Å². The van der Waals surface area contributed by atoms with Gasteiger partial charge < -0.3 is 15.2 Å². The lowest BCUT2D eigenvalue weighted by Gasteiger charge is -2.08. The summed E-state index contributed by atoms with van der Waals surface area (Å²) >= 11 is 0. The van der Waals surface area contributed by atoms with Crippen molar-refractivity contribution in [3.05, 3.63) is 23.8 Å². The fraction of sp³-hybridized carbons (Fsp3) is 0.222. The Morgan fingerprint density at radius 3 is 2.50 bits per heavy atom. The maximum atomic E-state index is 11.1. The van der Waals surface area contributed by atoms with E-state index in [2.05, 4.69) is 9.50 Å². The van der Waals surface area contributed by atoms with Gasteiger partial charge in [0, 0.05) is 12.7 Å². The zero-order chi connectivity index (χ0) is 12.3. The van der Waals surface area contributed by atoms with E-state index in [9.17, 15) is 13.2 Å². The minimum atomic E-state index is -3.68. The molecule has 0 heterocycles. The molecule has 1 aromatic carbocycles. The van der Waals surface area contributed by atoms with Crippen LogP contribution in [-0.2, 0) is 10.1 Å². The molecular formula is C9H12N2O4S. The molecule has 0 aliphatic carbocycles. The molecule has 0 saturated heterocycles. The van der Waals surface area contributed by atoms with Gasteiger partial charge in [0.25, 0.3) is 5.91 Å². The molecule has 0 aliphatic heterocycles. The van der Waals surface area contributed by atoms with Gasteiger partial charge in [-0.05, 0) is 18.2 Å². The van der Waals surface area contributed by atoms with Gasteiger partial charge in [0.05, 0.1) is 11.8 Å². The van der Waals surface area contributed by atoms with Gasteiger partial charge in [-0.3, -0.25) is 4.79 Å². The molecule has 3 N–H and O–H groups in total. The van der Waals surface area contributed by atoms with E-state index >= 15 is 0 Å². The first-order valence-electron chi connectivity index (χ1n) is 4.34. The summed E-state index contributed by atoms with van der Waals surface area (Å²) in [7, 11) is -2.02. The quantitative estimate of drug-likeness (QED) is 0.735. The maximum absolute atomic E-state index is 11.1. The molecule has 16 heavy (non-hydrogen) atoms. The molecule has 1 aromatic rings. The van der Waals surface area contributed by atoms with Crippen molar-refractivity contribution in [1.29, 1.82) is 0 Å². The van der Waals surface area contributed by atoms with Gasteiger partial charge in [0.1, 0.15) is 0 Å². The van der Waals surface area contributed by atoms with E-state index in [1.807, 2.05) is 0 Å². The third-order valence-corrected chi connectivity index (χ3v) is 2.26. The fourth-order valence-corrected chi connectivity index (χ4v) is 1.59. The second-order valence-corrected chi connectivity index (χ2v) is 4.69. The van der Waals surface area contributed by atoms with Crippen molar-refractivity contribution in [1.82, 2.24) is 0 Å². The van der Waals surface area contributed by atoms with E-state index in [4.69, 9.17) is 5.73 Å². The standard InChI is InChI=1S/C9H12N2O4S/c1-11-6-3-4-8(15-16(2,13)14)7(5-6)9(10)12/h3-5,11H,1-2H3,(H2,10,12). The van der Waals surface area contributed by atoms with Crippen LogP contribution in [-0.4, -0.2) is 27.6 Å². The predicted molar refractivity (Wildman–Crippen MR) is 60.0 cm³/mol. The number of hydrogen-bond donors (Lipinski definition) is 2. The summed E-state index contributed by atoms with van der Waals surface area (Å²) in [6, 6.07) is 4.36. The number of carbonyl (C=O) groups is 1. The molecule has 0 bridgehead atoms. The Hall–Kier alpha value is -1.76. The van der Waals surface area contributed by atoms with Crippen molar-refractivity contribution in [2.24, 2.45) is 5.73 Å². The zero-order valence-electron chi connectivity index (χ0n) is 8.85. The van der Waals surface area contributed by atoms with Crippen molar-refractivity contribution in [3.63, 3.8) is 0 Å². The lowest BCUT2D eigenvalue weighted by Crippen LogP contribution is -2.15. The van der Waals surface area contributed by atoms with Crippen molar-refractivity contribution in [3.8, 4) is 5.75 Å². The Morgan fingerprint density at radius 2 is 2.06 bits per heavy atom. The molecule has 0 aromatic heterocycles. The van der Waals surface area contributed by atoms with Gasteiger partial charge in [-0.15, -0.1) is 0 Å². The molecule has 1 rings (SSSR count). The number of benzene rings is 1. The van der Waals surface area contributed by atoms with E-state index in [1.54, 1.807) is 13.1 Å². The average Bonchev–Trinajstić information content (AvgIpc) is 2.15. The second kappa shape index (κ2) is 4.40. The Labute approximate surface area is 93.5 Å². The van der Waals surface area contributed by atoms with Crippen LogP contribution in [0.15, 0.2) is 18.2 Å². The minimum absolute atomic E-state index is 0.0114. The lowest BCUT2D eigenvalue weighted by atomic mass is 10.1. The van der Waals surface area contributed by atoms with E-state index in [0.29, 0.717) is 5.69 Å². The minimum Gasteiger partial charge on any atom is -0.388 e. The highest BCUT2D eigenvalue weighted by atomic mass is 32.2. The SMILES string of the molecule is CNc1ccc(OS(C)(=O)=O)c(C(N)=O)c1. The number of nitrogens with one attached hydrogen (secondary N) is 1. The molecule has 7 heteroatoms. The molecule has 0 spiro atoms. The molecule has 0 saturated carbocycles. The molecule has 0 radical (unpaired) electrons. The van der Waals surface area contributed by atoms with Gasteiger partial charge in [-0.2, -0.15) is 8.42 Å². The topological polar surface area (TPSA) is 98.5 Å². The maximum Gasteiger partial charge on any atom is 0.306 e. The Balaban J connectivity index is 3.23. The molecule has 0 aliphatic rings. The first-order chi connectivity index (χ1) is 7.33. The van der Waals surface area contributed by atoms with Gasteiger partial charge in [0.15, 0.2) is 5.75 Å². The third-order valence-electron chi connectivity index (χ3n) is 1.77. The van der Waals surface area contributed by atoms with Crippen LogP contribution in [0, 0.1) is 0 Å². The summed E-state index contributed by atoms with van der Waals surface area (Å²) in [5, 5.41) is 2.80. The van der Waals surface area contributed by atoms with Crippen molar-refractivity contribution >= 4 is 21.7 Å². The Morgan fingerprint density at radius 1 is 1.44 bits per heavy atom. The van der Waals surface area contributed by atoms with Crippen LogP contribution in [0.1, 0.15) is 10.4 Å². The molecular weight excluding hydrogens is 232 g/mol. The monoisotopic (exact) mass is 244 g/mol. The summed E-state index contributed by atoms with van der Waals surface area (Å²) in [5.41, 5.74) is 5.76. The molecule has 0 fully saturated rings. The average molecular weight is 244 g/mol. The van der Waals surface area contributed by atoms with Crippen LogP contribution < -0.4 is 15.2 Å². The predicted octanol–water partition coefficient (Wildman–Crippen LogP) is 0.166. The van der Waals surface area contributed by atoms with Gasteiger partial charge in [-0.25, -0.2) is 0 Å². The van der Waals surface area contributed by atoms with E-state index < -0.39 is 16.0 Å². The molecule has 0 atom stereocenters. The largest absolute Gasteiger partial charge is 0.388 e. The van der Waals surface area contributed by atoms with Crippen molar-refractivity contribution in [2.75, 3.05) is 18.6 Å². The highest BCUT2D eigenvalue weighted by Gasteiger charge is 2.14. The van der Waals surface area contributed by atoms with Gasteiger partial charge in [-0.1, -0.05) is 0 Å². The van der Waals surface area contributed by atoms with Crippen LogP contribution >= 0.6 is 0 Å². The highest BCUT2D eigenvalue weighted by Crippen LogP contribution is 2.23. The van der Waals surface area contributed by atoms with Crippen molar-refractivity contribution < 1.29 is 17.4 Å².